The van der Waals surface area contributed by atoms with Crippen LogP contribution in [-0.4, -0.2) is 54.9 Å². The van der Waals surface area contributed by atoms with E-state index in [0.29, 0.717) is 25.0 Å². The average molecular weight is 505 g/mol. The Labute approximate surface area is 208 Å². The SMILES string of the molecule is CC(=O)OC[C@@]12C(=O)[C@H]3O[C@@H](OC(C)=O)[C@](CC(OC(C)=O)c4ccoc4)([C@@H]3C)[C@H]1CCC[C@]21CO1. The maximum absolute atomic E-state index is 14.2. The van der Waals surface area contributed by atoms with Gasteiger partial charge in [0.1, 0.15) is 29.8 Å². The van der Waals surface area contributed by atoms with Crippen LogP contribution in [-0.2, 0) is 42.9 Å². The van der Waals surface area contributed by atoms with E-state index in [-0.39, 0.29) is 24.7 Å². The summed E-state index contributed by atoms with van der Waals surface area (Å²) in [5.74, 6) is -2.49. The van der Waals surface area contributed by atoms with Crippen LogP contribution in [0.4, 0.5) is 0 Å². The third kappa shape index (κ3) is 3.52. The second-order valence-corrected chi connectivity index (χ2v) is 10.6. The maximum Gasteiger partial charge on any atom is 0.304 e. The fourth-order valence-electron chi connectivity index (χ4n) is 7.33. The average Bonchev–Trinajstić information content (AvgIpc) is 3.28. The van der Waals surface area contributed by atoms with Crippen molar-refractivity contribution in [3.05, 3.63) is 24.2 Å². The van der Waals surface area contributed by atoms with Crippen LogP contribution in [0.3, 0.4) is 0 Å². The van der Waals surface area contributed by atoms with E-state index in [1.807, 2.05) is 6.92 Å². The zero-order valence-corrected chi connectivity index (χ0v) is 20.9. The van der Waals surface area contributed by atoms with E-state index < -0.39 is 58.8 Å². The third-order valence-corrected chi connectivity index (χ3v) is 8.87. The summed E-state index contributed by atoms with van der Waals surface area (Å²) in [5, 5.41) is 0. The highest BCUT2D eigenvalue weighted by atomic mass is 16.7. The van der Waals surface area contributed by atoms with Gasteiger partial charge in [-0.1, -0.05) is 13.3 Å². The van der Waals surface area contributed by atoms with E-state index in [9.17, 15) is 19.2 Å². The van der Waals surface area contributed by atoms with Crippen molar-refractivity contribution in [2.75, 3.05) is 13.2 Å². The maximum atomic E-state index is 14.2. The van der Waals surface area contributed by atoms with E-state index in [1.54, 1.807) is 6.07 Å². The summed E-state index contributed by atoms with van der Waals surface area (Å²) in [7, 11) is 0. The number of rotatable bonds is 7. The van der Waals surface area contributed by atoms with Crippen LogP contribution in [0.15, 0.2) is 23.0 Å². The van der Waals surface area contributed by atoms with Crippen LogP contribution in [0, 0.1) is 22.7 Å². The molecule has 4 fully saturated rings. The molecule has 0 N–H and O–H groups in total. The number of fused-ring (bicyclic) bond motifs is 5. The molecular formula is C26H32O10. The number of ketones is 1. The first-order chi connectivity index (χ1) is 17.1. The zero-order valence-electron chi connectivity index (χ0n) is 20.9. The van der Waals surface area contributed by atoms with E-state index >= 15 is 0 Å². The normalized spacial score (nSPS) is 39.3. The minimum atomic E-state index is -1.17. The monoisotopic (exact) mass is 504 g/mol. The predicted octanol–water partition coefficient (Wildman–Crippen LogP) is 2.89. The lowest BCUT2D eigenvalue weighted by atomic mass is 9.43. The molecule has 36 heavy (non-hydrogen) atoms. The molecule has 2 aliphatic carbocycles. The highest BCUT2D eigenvalue weighted by molar-refractivity contribution is 5.94. The molecule has 0 radical (unpaired) electrons. The molecule has 2 saturated carbocycles. The first-order valence-corrected chi connectivity index (χ1v) is 12.4. The number of ether oxygens (including phenoxy) is 5. The molecule has 2 aliphatic heterocycles. The number of hydrogen-bond acceptors (Lipinski definition) is 10. The highest BCUT2D eigenvalue weighted by Gasteiger charge is 2.81. The largest absolute Gasteiger partial charge is 0.472 e. The van der Waals surface area contributed by atoms with Gasteiger partial charge in [0.2, 0.25) is 6.29 Å². The van der Waals surface area contributed by atoms with Crippen LogP contribution in [0.25, 0.3) is 0 Å². The molecule has 1 spiro atoms. The van der Waals surface area contributed by atoms with Crippen LogP contribution in [0.1, 0.15) is 65.0 Å². The summed E-state index contributed by atoms with van der Waals surface area (Å²) < 4.78 is 34.6. The molecule has 1 unspecified atom stereocenters. The van der Waals surface area contributed by atoms with Crippen molar-refractivity contribution in [2.24, 2.45) is 22.7 Å². The summed E-state index contributed by atoms with van der Waals surface area (Å²) >= 11 is 0. The van der Waals surface area contributed by atoms with Gasteiger partial charge in [0.15, 0.2) is 5.78 Å². The Morgan fingerprint density at radius 2 is 1.92 bits per heavy atom. The second-order valence-electron chi connectivity index (χ2n) is 10.6. The summed E-state index contributed by atoms with van der Waals surface area (Å²) in [6.45, 7) is 6.08. The molecule has 10 heteroatoms. The second kappa shape index (κ2) is 8.69. The Morgan fingerprint density at radius 1 is 1.17 bits per heavy atom. The van der Waals surface area contributed by atoms with Gasteiger partial charge in [-0.3, -0.25) is 19.2 Å². The predicted molar refractivity (Wildman–Crippen MR) is 120 cm³/mol. The van der Waals surface area contributed by atoms with Gasteiger partial charge in [-0.2, -0.15) is 0 Å². The van der Waals surface area contributed by atoms with Gasteiger partial charge in [-0.15, -0.1) is 0 Å². The summed E-state index contributed by atoms with van der Waals surface area (Å²) in [6.07, 6.45) is 2.57. The number of hydrogen-bond donors (Lipinski definition) is 0. The molecule has 1 aromatic rings. The smallest absolute Gasteiger partial charge is 0.304 e. The Bertz CT molecular complexity index is 1060. The van der Waals surface area contributed by atoms with E-state index in [4.69, 9.17) is 28.1 Å². The van der Waals surface area contributed by atoms with Crippen molar-refractivity contribution < 1.29 is 47.3 Å². The number of carbonyl (C=O) groups is 4. The van der Waals surface area contributed by atoms with Crippen molar-refractivity contribution >= 4 is 23.7 Å². The van der Waals surface area contributed by atoms with Gasteiger partial charge in [0.05, 0.1) is 19.1 Å². The lowest BCUT2D eigenvalue weighted by Gasteiger charge is -2.58. The topological polar surface area (TPSA) is 131 Å². The summed E-state index contributed by atoms with van der Waals surface area (Å²) in [6, 6.07) is 1.72. The van der Waals surface area contributed by atoms with Crippen LogP contribution in [0.2, 0.25) is 0 Å². The molecule has 1 aromatic heterocycles. The van der Waals surface area contributed by atoms with Gasteiger partial charge >= 0.3 is 17.9 Å². The minimum Gasteiger partial charge on any atom is -0.472 e. The van der Waals surface area contributed by atoms with Gasteiger partial charge < -0.3 is 28.1 Å². The quantitative estimate of drug-likeness (QED) is 0.310. The fourth-order valence-corrected chi connectivity index (χ4v) is 7.33. The van der Waals surface area contributed by atoms with E-state index in [2.05, 4.69) is 0 Å². The Kier molecular flexibility index (Phi) is 6.02. The number of Topliss-reactive ketones (excluding diaryl/α,β-unsaturated/α-hetero) is 1. The van der Waals surface area contributed by atoms with E-state index in [0.717, 1.165) is 6.42 Å². The standard InChI is InChI=1S/C26H32O10/c1-14-21-22(30)26(13-32-15(2)27)20(6-5-8-24(26)12-33-24)25(14,23(36-21)35-17(4)29)10-19(34-16(3)28)18-7-9-31-11-18/h7,9,11,14,19-21,23H,5-6,8,10,12-13H2,1-4H3/t14-,19?,20-,21+,23-,24+,25-,26+/m1/s1. The molecular weight excluding hydrogens is 472 g/mol. The molecule has 0 aromatic carbocycles. The van der Waals surface area contributed by atoms with Gasteiger partial charge in [-0.05, 0) is 24.8 Å². The number of carbonyl (C=O) groups excluding carboxylic acids is 4. The first kappa shape index (κ1) is 25.0. The summed E-state index contributed by atoms with van der Waals surface area (Å²) in [5.41, 5.74) is -2.22. The van der Waals surface area contributed by atoms with Crippen molar-refractivity contribution in [1.82, 2.24) is 0 Å². The molecule has 3 heterocycles. The molecule has 10 nitrogen and oxygen atoms in total. The van der Waals surface area contributed by atoms with Gasteiger partial charge in [0, 0.05) is 44.1 Å². The van der Waals surface area contributed by atoms with Crippen molar-refractivity contribution in [1.29, 1.82) is 0 Å². The number of esters is 3. The zero-order chi connectivity index (χ0) is 25.9. The Balaban J connectivity index is 1.67. The lowest BCUT2D eigenvalue weighted by Crippen LogP contribution is -2.68. The van der Waals surface area contributed by atoms with Crippen LogP contribution >= 0.6 is 0 Å². The highest BCUT2D eigenvalue weighted by Crippen LogP contribution is 2.72. The Hall–Kier alpha value is -2.72. The number of epoxide rings is 1. The molecule has 2 saturated heterocycles. The Morgan fingerprint density at radius 3 is 2.50 bits per heavy atom. The number of furan rings is 1. The van der Waals surface area contributed by atoms with Gasteiger partial charge in [-0.25, -0.2) is 0 Å². The van der Waals surface area contributed by atoms with Crippen molar-refractivity contribution in [3.8, 4) is 0 Å². The first-order valence-electron chi connectivity index (χ1n) is 12.4. The van der Waals surface area contributed by atoms with Crippen LogP contribution in [0.5, 0.6) is 0 Å². The van der Waals surface area contributed by atoms with Crippen molar-refractivity contribution in [2.45, 2.75) is 77.5 Å². The molecule has 4 aliphatic rings. The van der Waals surface area contributed by atoms with Crippen molar-refractivity contribution in [3.63, 3.8) is 0 Å². The molecule has 8 atom stereocenters. The van der Waals surface area contributed by atoms with Crippen LogP contribution < -0.4 is 0 Å². The molecule has 2 bridgehead atoms. The minimum absolute atomic E-state index is 0.142. The summed E-state index contributed by atoms with van der Waals surface area (Å²) in [4.78, 5) is 50.5. The van der Waals surface area contributed by atoms with E-state index in [1.165, 1.54) is 33.3 Å². The molecule has 5 rings (SSSR count). The molecule has 196 valence electrons. The van der Waals surface area contributed by atoms with Gasteiger partial charge in [0.25, 0.3) is 0 Å². The third-order valence-electron chi connectivity index (χ3n) is 8.87. The fraction of sp³-hybridized carbons (Fsp3) is 0.692. The molecule has 0 amide bonds. The lowest BCUT2D eigenvalue weighted by molar-refractivity contribution is -0.213.